The van der Waals surface area contributed by atoms with Crippen molar-refractivity contribution in [3.8, 4) is 0 Å². The number of anilines is 1. The van der Waals surface area contributed by atoms with Gasteiger partial charge in [0.1, 0.15) is 0 Å². The van der Waals surface area contributed by atoms with E-state index >= 15 is 0 Å². The zero-order valence-electron chi connectivity index (χ0n) is 11.2. The zero-order valence-corrected chi connectivity index (χ0v) is 12.8. The Labute approximate surface area is 128 Å². The Balaban J connectivity index is 2.17. The summed E-state index contributed by atoms with van der Waals surface area (Å²) >= 11 is 12.1. The molecular formula is C15H15Cl2N3. The lowest BCUT2D eigenvalue weighted by Crippen LogP contribution is -2.21. The molecule has 20 heavy (non-hydrogen) atoms. The van der Waals surface area contributed by atoms with Crippen molar-refractivity contribution in [2.75, 3.05) is 5.32 Å². The Bertz CT molecular complexity index is 666. The van der Waals surface area contributed by atoms with Crippen LogP contribution in [0.5, 0.6) is 0 Å². The van der Waals surface area contributed by atoms with Gasteiger partial charge in [0, 0.05) is 15.7 Å². The monoisotopic (exact) mass is 307 g/mol. The average molecular weight is 308 g/mol. The molecular weight excluding hydrogens is 293 g/mol. The molecule has 0 spiro atoms. The molecule has 0 amide bonds. The van der Waals surface area contributed by atoms with Crippen molar-refractivity contribution >= 4 is 40.5 Å². The minimum atomic E-state index is 0.282. The molecule has 0 fully saturated rings. The van der Waals surface area contributed by atoms with Gasteiger partial charge in [-0.05, 0) is 49.2 Å². The first-order valence-electron chi connectivity index (χ1n) is 6.09. The molecule has 3 N–H and O–H groups in total. The third-order valence-electron chi connectivity index (χ3n) is 2.85. The van der Waals surface area contributed by atoms with Crippen LogP contribution >= 0.6 is 23.2 Å². The highest BCUT2D eigenvalue weighted by Gasteiger charge is 2.01. The Kier molecular flexibility index (Phi) is 4.53. The van der Waals surface area contributed by atoms with Crippen LogP contribution in [0, 0.1) is 13.8 Å². The van der Waals surface area contributed by atoms with E-state index in [2.05, 4.69) is 10.3 Å². The summed E-state index contributed by atoms with van der Waals surface area (Å²) in [5.41, 5.74) is 9.37. The first-order valence-corrected chi connectivity index (χ1v) is 6.85. The predicted molar refractivity (Wildman–Crippen MR) is 87.3 cm³/mol. The molecule has 2 aromatic rings. The maximum atomic E-state index is 6.06. The van der Waals surface area contributed by atoms with Crippen LogP contribution in [-0.4, -0.2) is 5.96 Å². The Morgan fingerprint density at radius 1 is 1.00 bits per heavy atom. The average Bonchev–Trinajstić information content (AvgIpc) is 2.38. The summed E-state index contributed by atoms with van der Waals surface area (Å²) in [6.07, 6.45) is 0. The lowest BCUT2D eigenvalue weighted by Gasteiger charge is -2.07. The summed E-state index contributed by atoms with van der Waals surface area (Å²) < 4.78 is 0. The minimum Gasteiger partial charge on any atom is -0.369 e. The van der Waals surface area contributed by atoms with Crippen LogP contribution in [-0.2, 0) is 0 Å². The molecule has 0 heterocycles. The summed E-state index contributed by atoms with van der Waals surface area (Å²) in [7, 11) is 0. The smallest absolute Gasteiger partial charge is 0.198 e. The summed E-state index contributed by atoms with van der Waals surface area (Å²) in [5.74, 6) is 0.282. The van der Waals surface area contributed by atoms with Gasteiger partial charge in [-0.25, -0.2) is 4.99 Å². The van der Waals surface area contributed by atoms with Gasteiger partial charge in [-0.15, -0.1) is 0 Å². The van der Waals surface area contributed by atoms with Gasteiger partial charge in [0.25, 0.3) is 0 Å². The Morgan fingerprint density at radius 3 is 2.20 bits per heavy atom. The molecule has 3 nitrogen and oxygen atoms in total. The number of nitrogens with zero attached hydrogens (tertiary/aromatic N) is 1. The first-order chi connectivity index (χ1) is 9.45. The molecule has 0 aliphatic carbocycles. The molecule has 2 aromatic carbocycles. The molecule has 0 unspecified atom stereocenters. The van der Waals surface area contributed by atoms with Crippen molar-refractivity contribution in [1.29, 1.82) is 0 Å². The maximum Gasteiger partial charge on any atom is 0.198 e. The van der Waals surface area contributed by atoms with Crippen molar-refractivity contribution in [3.63, 3.8) is 0 Å². The van der Waals surface area contributed by atoms with E-state index in [1.54, 1.807) is 12.1 Å². The maximum absolute atomic E-state index is 6.06. The number of nitrogens with two attached hydrogens (primary N) is 1. The van der Waals surface area contributed by atoms with Crippen molar-refractivity contribution in [2.24, 2.45) is 10.7 Å². The normalized spacial score (nSPS) is 11.5. The van der Waals surface area contributed by atoms with Gasteiger partial charge >= 0.3 is 0 Å². The van der Waals surface area contributed by atoms with Crippen molar-refractivity contribution in [1.82, 2.24) is 0 Å². The second kappa shape index (κ2) is 6.16. The van der Waals surface area contributed by atoms with Gasteiger partial charge in [0.15, 0.2) is 5.96 Å². The number of guanidine groups is 1. The van der Waals surface area contributed by atoms with E-state index in [-0.39, 0.29) is 5.96 Å². The molecule has 0 aliphatic rings. The topological polar surface area (TPSA) is 50.4 Å². The molecule has 0 radical (unpaired) electrons. The molecule has 0 aromatic heterocycles. The quantitative estimate of drug-likeness (QED) is 0.626. The summed E-state index contributed by atoms with van der Waals surface area (Å²) in [4.78, 5) is 4.26. The lowest BCUT2D eigenvalue weighted by molar-refractivity contribution is 1.40. The van der Waals surface area contributed by atoms with Crippen LogP contribution in [0.1, 0.15) is 11.1 Å². The molecule has 0 aliphatic heterocycles. The van der Waals surface area contributed by atoms with Gasteiger partial charge in [0.2, 0.25) is 0 Å². The number of halogens is 2. The van der Waals surface area contributed by atoms with E-state index in [0.29, 0.717) is 15.7 Å². The number of rotatable bonds is 2. The van der Waals surface area contributed by atoms with Gasteiger partial charge in [-0.1, -0.05) is 35.3 Å². The molecule has 0 saturated carbocycles. The second-order valence-corrected chi connectivity index (χ2v) is 5.33. The molecule has 5 heteroatoms. The highest BCUT2D eigenvalue weighted by molar-refractivity contribution is 6.32. The fourth-order valence-electron chi connectivity index (χ4n) is 1.64. The van der Waals surface area contributed by atoms with E-state index in [1.165, 1.54) is 0 Å². The van der Waals surface area contributed by atoms with Crippen molar-refractivity contribution in [2.45, 2.75) is 13.8 Å². The van der Waals surface area contributed by atoms with Gasteiger partial charge < -0.3 is 11.1 Å². The van der Waals surface area contributed by atoms with Gasteiger partial charge in [-0.2, -0.15) is 0 Å². The lowest BCUT2D eigenvalue weighted by atomic mass is 10.2. The number of nitrogens with one attached hydrogen (secondary N) is 1. The predicted octanol–water partition coefficient (Wildman–Crippen LogP) is 4.67. The second-order valence-electron chi connectivity index (χ2n) is 4.52. The SMILES string of the molecule is Cc1ccc(N=C(N)Nc2ccc(C)c(Cl)c2)cc1Cl. The highest BCUT2D eigenvalue weighted by Crippen LogP contribution is 2.23. The van der Waals surface area contributed by atoms with E-state index in [9.17, 15) is 0 Å². The van der Waals surface area contributed by atoms with Crippen LogP contribution in [0.25, 0.3) is 0 Å². The first kappa shape index (κ1) is 14.7. The summed E-state index contributed by atoms with van der Waals surface area (Å²) in [6.45, 7) is 3.88. The van der Waals surface area contributed by atoms with Crippen molar-refractivity contribution < 1.29 is 0 Å². The van der Waals surface area contributed by atoms with E-state index < -0.39 is 0 Å². The number of aliphatic imine (C=N–C) groups is 1. The van der Waals surface area contributed by atoms with Crippen LogP contribution in [0.3, 0.4) is 0 Å². The molecule has 104 valence electrons. The fraction of sp³-hybridized carbons (Fsp3) is 0.133. The van der Waals surface area contributed by atoms with E-state index in [4.69, 9.17) is 28.9 Å². The standard InChI is InChI=1S/C15H15Cl2N3/c1-9-3-5-11(7-13(9)16)19-15(18)20-12-6-4-10(2)14(17)8-12/h3-8H,1-2H3,(H3,18,19,20). The number of hydrogen-bond acceptors (Lipinski definition) is 1. The molecule has 0 saturated heterocycles. The van der Waals surface area contributed by atoms with Gasteiger partial charge in [0.05, 0.1) is 5.69 Å². The highest BCUT2D eigenvalue weighted by atomic mass is 35.5. The Morgan fingerprint density at radius 2 is 1.60 bits per heavy atom. The minimum absolute atomic E-state index is 0.282. The molecule has 0 bridgehead atoms. The van der Waals surface area contributed by atoms with Crippen LogP contribution in [0.2, 0.25) is 10.0 Å². The third kappa shape index (κ3) is 3.65. The van der Waals surface area contributed by atoms with Crippen LogP contribution < -0.4 is 11.1 Å². The molecule has 0 atom stereocenters. The van der Waals surface area contributed by atoms with Crippen LogP contribution in [0.4, 0.5) is 11.4 Å². The summed E-state index contributed by atoms with van der Waals surface area (Å²) in [5, 5.41) is 4.34. The van der Waals surface area contributed by atoms with E-state index in [0.717, 1.165) is 16.8 Å². The molecule has 2 rings (SSSR count). The number of aryl methyl sites for hydroxylation is 2. The van der Waals surface area contributed by atoms with Crippen molar-refractivity contribution in [3.05, 3.63) is 57.6 Å². The summed E-state index contributed by atoms with van der Waals surface area (Å²) in [6, 6.07) is 11.1. The van der Waals surface area contributed by atoms with E-state index in [1.807, 2.05) is 38.1 Å². The number of hydrogen-bond donors (Lipinski definition) is 2. The largest absolute Gasteiger partial charge is 0.369 e. The van der Waals surface area contributed by atoms with Crippen LogP contribution in [0.15, 0.2) is 41.4 Å². The van der Waals surface area contributed by atoms with Gasteiger partial charge in [-0.3, -0.25) is 0 Å². The third-order valence-corrected chi connectivity index (χ3v) is 3.66. The Hall–Kier alpha value is -1.71. The zero-order chi connectivity index (χ0) is 14.7. The number of benzene rings is 2. The fourth-order valence-corrected chi connectivity index (χ4v) is 1.99.